The first-order chi connectivity index (χ1) is 11.5. The van der Waals surface area contributed by atoms with Crippen LogP contribution in [0.2, 0.25) is 0 Å². The molecule has 1 aliphatic rings. The molecule has 1 unspecified atom stereocenters. The molecule has 9 nitrogen and oxygen atoms in total. The van der Waals surface area contributed by atoms with Gasteiger partial charge in [0, 0.05) is 18.3 Å². The van der Waals surface area contributed by atoms with Crippen molar-refractivity contribution in [2.45, 2.75) is 18.9 Å². The number of carboxylic acid groups (broad SMARTS) is 1. The second kappa shape index (κ2) is 6.11. The lowest BCUT2D eigenvalue weighted by Crippen LogP contribution is -2.42. The Kier molecular flexibility index (Phi) is 3.98. The minimum absolute atomic E-state index is 0.0368. The molecule has 1 heterocycles. The zero-order valence-corrected chi connectivity index (χ0v) is 12.5. The Balaban J connectivity index is 1.77. The number of nitrogens with one attached hydrogen (secondary N) is 1. The van der Waals surface area contributed by atoms with E-state index in [4.69, 9.17) is 5.11 Å². The number of carboxylic acids is 1. The number of benzene rings is 1. The number of carbonyl (C=O) groups is 2. The van der Waals surface area contributed by atoms with Crippen molar-refractivity contribution >= 4 is 17.6 Å². The number of hydrogen-bond acceptors (Lipinski definition) is 5. The van der Waals surface area contributed by atoms with E-state index in [2.05, 4.69) is 10.4 Å². The normalized spacial score (nSPS) is 14.8. The maximum Gasteiger partial charge on any atom is 0.326 e. The number of nitro benzene ring substituents is 1. The molecule has 1 fully saturated rings. The van der Waals surface area contributed by atoms with Crippen LogP contribution >= 0.6 is 0 Å². The van der Waals surface area contributed by atoms with Crippen LogP contribution in [0.25, 0.3) is 5.69 Å². The van der Waals surface area contributed by atoms with E-state index in [1.165, 1.54) is 35.1 Å². The van der Waals surface area contributed by atoms with Crippen LogP contribution in [-0.2, 0) is 4.79 Å². The molecule has 2 N–H and O–H groups in total. The summed E-state index contributed by atoms with van der Waals surface area (Å²) in [5.74, 6) is -1.69. The molecule has 0 radical (unpaired) electrons. The fraction of sp³-hybridized carbons (Fsp3) is 0.267. The van der Waals surface area contributed by atoms with E-state index >= 15 is 0 Å². The lowest BCUT2D eigenvalue weighted by molar-refractivity contribution is -0.384. The van der Waals surface area contributed by atoms with Gasteiger partial charge in [-0.25, -0.2) is 9.48 Å². The van der Waals surface area contributed by atoms with Crippen LogP contribution in [-0.4, -0.2) is 37.7 Å². The third-order valence-corrected chi connectivity index (χ3v) is 3.77. The number of aromatic nitrogens is 2. The average Bonchev–Trinajstić information content (AvgIpc) is 3.27. The third-order valence-electron chi connectivity index (χ3n) is 3.77. The van der Waals surface area contributed by atoms with Gasteiger partial charge in [-0.15, -0.1) is 0 Å². The van der Waals surface area contributed by atoms with Gasteiger partial charge in [-0.05, 0) is 30.9 Å². The first-order valence-electron chi connectivity index (χ1n) is 7.30. The molecule has 1 aromatic heterocycles. The zero-order chi connectivity index (χ0) is 17.3. The lowest BCUT2D eigenvalue weighted by Gasteiger charge is -2.12. The summed E-state index contributed by atoms with van der Waals surface area (Å²) in [6.45, 7) is 0. The molecule has 9 heteroatoms. The first kappa shape index (κ1) is 15.7. The van der Waals surface area contributed by atoms with Gasteiger partial charge < -0.3 is 10.4 Å². The van der Waals surface area contributed by atoms with Gasteiger partial charge in [0.05, 0.1) is 10.6 Å². The Morgan fingerprint density at radius 1 is 1.38 bits per heavy atom. The van der Waals surface area contributed by atoms with E-state index in [1.807, 2.05) is 0 Å². The molecule has 1 saturated carbocycles. The summed E-state index contributed by atoms with van der Waals surface area (Å²) < 4.78 is 1.33. The topological polar surface area (TPSA) is 127 Å². The van der Waals surface area contributed by atoms with Gasteiger partial charge in [-0.3, -0.25) is 14.9 Å². The van der Waals surface area contributed by atoms with E-state index in [1.54, 1.807) is 6.07 Å². The van der Waals surface area contributed by atoms with E-state index in [0.717, 1.165) is 12.8 Å². The summed E-state index contributed by atoms with van der Waals surface area (Å²) in [7, 11) is 0. The van der Waals surface area contributed by atoms with Gasteiger partial charge >= 0.3 is 5.97 Å². The van der Waals surface area contributed by atoms with Crippen LogP contribution < -0.4 is 5.32 Å². The molecule has 3 rings (SSSR count). The van der Waals surface area contributed by atoms with Crippen LogP contribution in [0.5, 0.6) is 0 Å². The second-order valence-corrected chi connectivity index (χ2v) is 5.55. The van der Waals surface area contributed by atoms with Gasteiger partial charge in [0.2, 0.25) is 0 Å². The van der Waals surface area contributed by atoms with Crippen LogP contribution in [0.15, 0.2) is 36.5 Å². The van der Waals surface area contributed by atoms with Gasteiger partial charge in [0.25, 0.3) is 11.6 Å². The standard InChI is InChI=1S/C15H14N4O5/c20-14(16-13(15(21)22)9-4-5-9)12-6-7-18(17-12)10-2-1-3-11(8-10)19(23)24/h1-3,6-9,13H,4-5H2,(H,16,20)(H,21,22). The molecule has 24 heavy (non-hydrogen) atoms. The van der Waals surface area contributed by atoms with Gasteiger partial charge in [0.15, 0.2) is 5.69 Å². The minimum Gasteiger partial charge on any atom is -0.480 e. The number of amides is 1. The van der Waals surface area contributed by atoms with E-state index in [9.17, 15) is 19.7 Å². The molecule has 0 saturated heterocycles. The number of non-ortho nitro benzene ring substituents is 1. The maximum atomic E-state index is 12.2. The average molecular weight is 330 g/mol. The van der Waals surface area contributed by atoms with Crippen molar-refractivity contribution in [3.8, 4) is 5.69 Å². The number of carbonyl (C=O) groups excluding carboxylic acids is 1. The van der Waals surface area contributed by atoms with Crippen LogP contribution in [0.1, 0.15) is 23.3 Å². The van der Waals surface area contributed by atoms with Gasteiger partial charge in [-0.2, -0.15) is 5.10 Å². The van der Waals surface area contributed by atoms with Crippen molar-refractivity contribution in [2.75, 3.05) is 0 Å². The Bertz CT molecular complexity index is 812. The van der Waals surface area contributed by atoms with Crippen molar-refractivity contribution in [3.63, 3.8) is 0 Å². The molecule has 1 atom stereocenters. The highest BCUT2D eigenvalue weighted by molar-refractivity contribution is 5.95. The summed E-state index contributed by atoms with van der Waals surface area (Å²) in [5, 5.41) is 26.5. The summed E-state index contributed by atoms with van der Waals surface area (Å²) in [5.41, 5.74) is 0.391. The maximum absolute atomic E-state index is 12.2. The third kappa shape index (κ3) is 3.24. The molecule has 124 valence electrons. The Morgan fingerprint density at radius 3 is 2.75 bits per heavy atom. The summed E-state index contributed by atoms with van der Waals surface area (Å²) in [6, 6.07) is 6.33. The fourth-order valence-corrected chi connectivity index (χ4v) is 2.36. The number of hydrogen-bond donors (Lipinski definition) is 2. The van der Waals surface area contributed by atoms with Crippen molar-refractivity contribution < 1.29 is 19.6 Å². The molecular formula is C15H14N4O5. The molecule has 0 bridgehead atoms. The van der Waals surface area contributed by atoms with E-state index in [0.29, 0.717) is 5.69 Å². The van der Waals surface area contributed by atoms with Crippen molar-refractivity contribution in [1.82, 2.24) is 15.1 Å². The van der Waals surface area contributed by atoms with Crippen molar-refractivity contribution in [2.24, 2.45) is 5.92 Å². The molecule has 0 spiro atoms. The van der Waals surface area contributed by atoms with Crippen LogP contribution in [0.3, 0.4) is 0 Å². The highest BCUT2D eigenvalue weighted by Gasteiger charge is 2.37. The smallest absolute Gasteiger partial charge is 0.326 e. The van der Waals surface area contributed by atoms with Crippen LogP contribution in [0.4, 0.5) is 5.69 Å². The quantitative estimate of drug-likeness (QED) is 0.608. The molecule has 1 aromatic carbocycles. The second-order valence-electron chi connectivity index (χ2n) is 5.55. The van der Waals surface area contributed by atoms with Crippen molar-refractivity contribution in [1.29, 1.82) is 0 Å². The zero-order valence-electron chi connectivity index (χ0n) is 12.5. The van der Waals surface area contributed by atoms with Gasteiger partial charge in [0.1, 0.15) is 6.04 Å². The SMILES string of the molecule is O=C(NC(C(=O)O)C1CC1)c1ccn(-c2cccc([N+](=O)[O-])c2)n1. The predicted octanol–water partition coefficient (Wildman–Crippen LogP) is 1.37. The first-order valence-corrected chi connectivity index (χ1v) is 7.30. The summed E-state index contributed by atoms with van der Waals surface area (Å²) in [6.07, 6.45) is 3.04. The Labute approximate surface area is 136 Å². The summed E-state index contributed by atoms with van der Waals surface area (Å²) in [4.78, 5) is 33.6. The van der Waals surface area contributed by atoms with Gasteiger partial charge in [-0.1, -0.05) is 6.07 Å². The monoisotopic (exact) mass is 330 g/mol. The largest absolute Gasteiger partial charge is 0.480 e. The Morgan fingerprint density at radius 2 is 2.12 bits per heavy atom. The summed E-state index contributed by atoms with van der Waals surface area (Å²) >= 11 is 0. The van der Waals surface area contributed by atoms with E-state index < -0.39 is 22.8 Å². The molecular weight excluding hydrogens is 316 g/mol. The molecule has 0 aliphatic heterocycles. The molecule has 1 aliphatic carbocycles. The number of nitro groups is 1. The lowest BCUT2D eigenvalue weighted by atomic mass is 10.2. The number of rotatable bonds is 6. The van der Waals surface area contributed by atoms with Crippen LogP contribution in [0, 0.1) is 16.0 Å². The fourth-order valence-electron chi connectivity index (χ4n) is 2.36. The predicted molar refractivity (Wildman–Crippen MR) is 81.8 cm³/mol. The Hall–Kier alpha value is -3.23. The number of nitrogens with zero attached hydrogens (tertiary/aromatic N) is 3. The van der Waals surface area contributed by atoms with Crippen molar-refractivity contribution in [3.05, 3.63) is 52.3 Å². The molecule has 2 aromatic rings. The number of aliphatic carboxylic acids is 1. The highest BCUT2D eigenvalue weighted by atomic mass is 16.6. The highest BCUT2D eigenvalue weighted by Crippen LogP contribution is 2.32. The molecule has 1 amide bonds. The van der Waals surface area contributed by atoms with E-state index in [-0.39, 0.29) is 17.3 Å². The minimum atomic E-state index is -1.07.